The molecule has 1 aliphatic rings. The van der Waals surface area contributed by atoms with E-state index in [0.717, 1.165) is 40.7 Å². The number of carbonyl (C=O) groups excluding carboxylic acids is 1. The quantitative estimate of drug-likeness (QED) is 0.686. The predicted molar refractivity (Wildman–Crippen MR) is 108 cm³/mol. The molecule has 2 heterocycles. The molecule has 0 bridgehead atoms. The van der Waals surface area contributed by atoms with Crippen LogP contribution in [0.3, 0.4) is 0 Å². The van der Waals surface area contributed by atoms with Gasteiger partial charge in [0.25, 0.3) is 0 Å². The maximum atomic E-state index is 12.3. The van der Waals surface area contributed by atoms with E-state index in [1.54, 1.807) is 0 Å². The Balaban J connectivity index is 1.54. The Morgan fingerprint density at radius 3 is 2.41 bits per heavy atom. The zero-order chi connectivity index (χ0) is 18.5. The van der Waals surface area contributed by atoms with Crippen molar-refractivity contribution in [3.8, 4) is 0 Å². The smallest absolute Gasteiger partial charge is 0.234 e. The second-order valence-corrected chi connectivity index (χ2v) is 7.11. The van der Waals surface area contributed by atoms with Crippen molar-refractivity contribution < 1.29 is 9.53 Å². The Bertz CT molecular complexity index is 930. The van der Waals surface area contributed by atoms with Crippen LogP contribution in [0.4, 0.5) is 11.5 Å². The Morgan fingerprint density at radius 1 is 1.00 bits per heavy atom. The number of para-hydroxylation sites is 3. The molecular weight excluding hydrogens is 360 g/mol. The molecule has 3 aromatic rings. The van der Waals surface area contributed by atoms with Crippen molar-refractivity contribution in [3.05, 3.63) is 54.6 Å². The summed E-state index contributed by atoms with van der Waals surface area (Å²) in [6, 6.07) is 17.3. The largest absolute Gasteiger partial charge is 0.378 e. The van der Waals surface area contributed by atoms with Crippen molar-refractivity contribution >= 4 is 40.2 Å². The van der Waals surface area contributed by atoms with Crippen LogP contribution in [0.25, 0.3) is 11.0 Å². The highest BCUT2D eigenvalue weighted by atomic mass is 32.2. The van der Waals surface area contributed by atoms with Gasteiger partial charge in [-0.2, -0.15) is 0 Å². The summed E-state index contributed by atoms with van der Waals surface area (Å²) in [7, 11) is 0. The normalized spacial score (nSPS) is 14.3. The number of benzene rings is 2. The Kier molecular flexibility index (Phi) is 5.50. The number of nitrogens with one attached hydrogen (secondary N) is 1. The molecule has 1 N–H and O–H groups in total. The number of amides is 1. The van der Waals surface area contributed by atoms with E-state index in [1.807, 2.05) is 54.6 Å². The summed E-state index contributed by atoms with van der Waals surface area (Å²) in [5.41, 5.74) is 2.48. The summed E-state index contributed by atoms with van der Waals surface area (Å²) >= 11 is 1.41. The molecule has 0 spiro atoms. The van der Waals surface area contributed by atoms with Crippen LogP contribution in [0.2, 0.25) is 0 Å². The molecule has 1 aromatic heterocycles. The van der Waals surface area contributed by atoms with Crippen LogP contribution < -0.4 is 10.2 Å². The molecule has 1 fully saturated rings. The maximum Gasteiger partial charge on any atom is 0.234 e. The van der Waals surface area contributed by atoms with Gasteiger partial charge in [0.05, 0.1) is 30.0 Å². The minimum absolute atomic E-state index is 0.0610. The number of ether oxygens (including phenoxy) is 1. The molecule has 7 heteroatoms. The molecule has 0 atom stereocenters. The topological polar surface area (TPSA) is 67.4 Å². The van der Waals surface area contributed by atoms with Gasteiger partial charge in [0.15, 0.2) is 5.82 Å². The molecule has 1 saturated heterocycles. The second-order valence-electron chi connectivity index (χ2n) is 6.14. The number of nitrogens with zero attached hydrogens (tertiary/aromatic N) is 3. The fourth-order valence-electron chi connectivity index (χ4n) is 2.90. The Hall–Kier alpha value is -2.64. The minimum atomic E-state index is -0.0610. The van der Waals surface area contributed by atoms with E-state index in [0.29, 0.717) is 13.2 Å². The number of hydrogen-bond donors (Lipinski definition) is 1. The molecule has 1 amide bonds. The lowest BCUT2D eigenvalue weighted by molar-refractivity contribution is -0.113. The maximum absolute atomic E-state index is 12.3. The van der Waals surface area contributed by atoms with Crippen LogP contribution in [-0.4, -0.2) is 47.9 Å². The molecular formula is C20H20N4O2S. The summed E-state index contributed by atoms with van der Waals surface area (Å²) in [4.78, 5) is 24.1. The number of hydrogen-bond acceptors (Lipinski definition) is 6. The number of anilines is 2. The molecule has 0 unspecified atom stereocenters. The van der Waals surface area contributed by atoms with Crippen molar-refractivity contribution in [2.75, 3.05) is 42.3 Å². The molecule has 2 aromatic carbocycles. The van der Waals surface area contributed by atoms with Gasteiger partial charge in [-0.3, -0.25) is 4.79 Å². The lowest BCUT2D eigenvalue weighted by Gasteiger charge is -2.29. The number of fused-ring (bicyclic) bond motifs is 1. The summed E-state index contributed by atoms with van der Waals surface area (Å²) in [5, 5.41) is 3.68. The number of carbonyl (C=O) groups is 1. The molecule has 0 aliphatic carbocycles. The van der Waals surface area contributed by atoms with Crippen LogP contribution >= 0.6 is 11.8 Å². The number of rotatable bonds is 5. The highest BCUT2D eigenvalue weighted by molar-refractivity contribution is 8.00. The number of thioether (sulfide) groups is 1. The van der Waals surface area contributed by atoms with Crippen LogP contribution in [0.5, 0.6) is 0 Å². The van der Waals surface area contributed by atoms with Crippen molar-refractivity contribution in [3.63, 3.8) is 0 Å². The van der Waals surface area contributed by atoms with Gasteiger partial charge in [-0.05, 0) is 24.3 Å². The van der Waals surface area contributed by atoms with Crippen molar-refractivity contribution in [1.82, 2.24) is 9.97 Å². The van der Waals surface area contributed by atoms with Crippen LogP contribution in [-0.2, 0) is 9.53 Å². The first kappa shape index (κ1) is 17.8. The second kappa shape index (κ2) is 8.37. The highest BCUT2D eigenvalue weighted by Crippen LogP contribution is 2.29. The predicted octanol–water partition coefficient (Wildman–Crippen LogP) is 3.20. The van der Waals surface area contributed by atoms with Gasteiger partial charge in [0, 0.05) is 18.8 Å². The average Bonchev–Trinajstić information content (AvgIpc) is 2.73. The molecule has 6 nitrogen and oxygen atoms in total. The van der Waals surface area contributed by atoms with Crippen LogP contribution in [0, 0.1) is 0 Å². The Morgan fingerprint density at radius 2 is 1.67 bits per heavy atom. The molecule has 27 heavy (non-hydrogen) atoms. The first-order valence-electron chi connectivity index (χ1n) is 8.87. The van der Waals surface area contributed by atoms with E-state index in [9.17, 15) is 4.79 Å². The number of morpholine rings is 1. The first-order valence-corrected chi connectivity index (χ1v) is 9.85. The van der Waals surface area contributed by atoms with Gasteiger partial charge in [0.2, 0.25) is 5.91 Å². The van der Waals surface area contributed by atoms with Gasteiger partial charge in [-0.15, -0.1) is 0 Å². The van der Waals surface area contributed by atoms with E-state index < -0.39 is 0 Å². The minimum Gasteiger partial charge on any atom is -0.378 e. The van der Waals surface area contributed by atoms with Crippen molar-refractivity contribution in [2.45, 2.75) is 5.03 Å². The van der Waals surface area contributed by atoms with Gasteiger partial charge in [-0.1, -0.05) is 42.1 Å². The van der Waals surface area contributed by atoms with E-state index in [-0.39, 0.29) is 11.7 Å². The monoisotopic (exact) mass is 380 g/mol. The Labute approximate surface area is 162 Å². The third-order valence-electron chi connectivity index (χ3n) is 4.23. The van der Waals surface area contributed by atoms with E-state index >= 15 is 0 Å². The lowest BCUT2D eigenvalue weighted by atomic mass is 10.3. The number of aromatic nitrogens is 2. The van der Waals surface area contributed by atoms with Gasteiger partial charge in [0.1, 0.15) is 5.03 Å². The van der Waals surface area contributed by atoms with Crippen molar-refractivity contribution in [2.24, 2.45) is 0 Å². The zero-order valence-electron chi connectivity index (χ0n) is 14.8. The van der Waals surface area contributed by atoms with Crippen molar-refractivity contribution in [1.29, 1.82) is 0 Å². The highest BCUT2D eigenvalue weighted by Gasteiger charge is 2.19. The fourth-order valence-corrected chi connectivity index (χ4v) is 3.71. The lowest BCUT2D eigenvalue weighted by Crippen LogP contribution is -2.37. The fraction of sp³-hybridized carbons (Fsp3) is 0.250. The van der Waals surface area contributed by atoms with Crippen LogP contribution in [0.1, 0.15) is 0 Å². The zero-order valence-corrected chi connectivity index (χ0v) is 15.6. The molecule has 138 valence electrons. The third-order valence-corrected chi connectivity index (χ3v) is 5.18. The molecule has 0 radical (unpaired) electrons. The van der Waals surface area contributed by atoms with E-state index in [2.05, 4.69) is 10.2 Å². The molecule has 1 aliphatic heterocycles. The molecule has 0 saturated carbocycles. The first-order chi connectivity index (χ1) is 13.3. The summed E-state index contributed by atoms with van der Waals surface area (Å²) in [6.45, 7) is 2.90. The third kappa shape index (κ3) is 4.37. The van der Waals surface area contributed by atoms with E-state index in [4.69, 9.17) is 14.7 Å². The van der Waals surface area contributed by atoms with Gasteiger partial charge >= 0.3 is 0 Å². The summed E-state index contributed by atoms with van der Waals surface area (Å²) in [5.74, 6) is 1.04. The van der Waals surface area contributed by atoms with E-state index in [1.165, 1.54) is 11.8 Å². The summed E-state index contributed by atoms with van der Waals surface area (Å²) < 4.78 is 5.45. The standard InChI is InChI=1S/C20H20N4O2S/c25-18(21-15-6-2-1-3-7-15)14-27-20-19(24-10-12-26-13-11-24)22-16-8-4-5-9-17(16)23-20/h1-9H,10-14H2,(H,21,25). The van der Waals surface area contributed by atoms with Gasteiger partial charge < -0.3 is 15.0 Å². The summed E-state index contributed by atoms with van der Waals surface area (Å²) in [6.07, 6.45) is 0. The average molecular weight is 380 g/mol. The molecule has 4 rings (SSSR count). The SMILES string of the molecule is O=C(CSc1nc2ccccc2nc1N1CCOCC1)Nc1ccccc1. The van der Waals surface area contributed by atoms with Gasteiger partial charge in [-0.25, -0.2) is 9.97 Å². The van der Waals surface area contributed by atoms with Crippen LogP contribution in [0.15, 0.2) is 59.6 Å².